The van der Waals surface area contributed by atoms with Gasteiger partial charge >= 0.3 is 5.97 Å². The number of nitrogens with one attached hydrogen (secondary N) is 3. The number of nitrogens with two attached hydrogens (primary N) is 3. The zero-order valence-electron chi connectivity index (χ0n) is 18.0. The Balaban J connectivity index is 5.05. The predicted octanol–water partition coefficient (Wildman–Crippen LogP) is -2.01. The topological polar surface area (TPSA) is 215 Å². The first-order valence-corrected chi connectivity index (χ1v) is 9.85. The largest absolute Gasteiger partial charge is 0.480 e. The highest BCUT2D eigenvalue weighted by molar-refractivity contribution is 5.93. The summed E-state index contributed by atoms with van der Waals surface area (Å²) in [6.45, 7) is 6.72. The fourth-order valence-electron chi connectivity index (χ4n) is 2.33. The molecule has 10 N–H and O–H groups in total. The summed E-state index contributed by atoms with van der Waals surface area (Å²) in [6.07, 6.45) is 1.22. The van der Waals surface area contributed by atoms with Crippen molar-refractivity contribution in [1.82, 2.24) is 16.0 Å². The minimum atomic E-state index is -1.21. The molecule has 12 nitrogen and oxygen atoms in total. The first-order valence-electron chi connectivity index (χ1n) is 9.85. The lowest BCUT2D eigenvalue weighted by Crippen LogP contribution is -2.56. The lowest BCUT2D eigenvalue weighted by molar-refractivity contribution is -0.141. The number of hydrogen-bond donors (Lipinski definition) is 7. The number of carbonyl (C=O) groups excluding carboxylic acids is 3. The molecule has 0 saturated heterocycles. The van der Waals surface area contributed by atoms with Gasteiger partial charge in [-0.1, -0.05) is 20.3 Å². The van der Waals surface area contributed by atoms with Crippen molar-refractivity contribution >= 4 is 29.7 Å². The monoisotopic (exact) mass is 429 g/mol. The van der Waals surface area contributed by atoms with E-state index in [-0.39, 0.29) is 24.8 Å². The van der Waals surface area contributed by atoms with Crippen LogP contribution in [0.4, 0.5) is 0 Å². The van der Waals surface area contributed by atoms with E-state index in [4.69, 9.17) is 22.3 Å². The normalized spacial score (nSPS) is 15.6. The van der Waals surface area contributed by atoms with Gasteiger partial charge in [-0.2, -0.15) is 0 Å². The summed E-state index contributed by atoms with van der Waals surface area (Å²) in [5.41, 5.74) is 16.4. The summed E-state index contributed by atoms with van der Waals surface area (Å²) in [7, 11) is 0. The Hall–Kier alpha value is -2.89. The summed E-state index contributed by atoms with van der Waals surface area (Å²) < 4.78 is 0. The minimum Gasteiger partial charge on any atom is -0.480 e. The highest BCUT2D eigenvalue weighted by Gasteiger charge is 2.28. The molecule has 172 valence electrons. The van der Waals surface area contributed by atoms with Gasteiger partial charge in [-0.15, -0.1) is 0 Å². The molecular formula is C18H35N7O5. The lowest BCUT2D eigenvalue weighted by Gasteiger charge is -2.24. The van der Waals surface area contributed by atoms with Gasteiger partial charge in [0, 0.05) is 6.54 Å². The van der Waals surface area contributed by atoms with Gasteiger partial charge in [-0.25, -0.2) is 0 Å². The van der Waals surface area contributed by atoms with Crippen LogP contribution in [-0.2, 0) is 19.2 Å². The van der Waals surface area contributed by atoms with Crippen LogP contribution in [-0.4, -0.2) is 65.5 Å². The molecule has 0 spiro atoms. The van der Waals surface area contributed by atoms with Crippen LogP contribution in [0, 0.1) is 5.92 Å². The highest BCUT2D eigenvalue weighted by atomic mass is 16.4. The third-order valence-corrected chi connectivity index (χ3v) is 4.62. The summed E-state index contributed by atoms with van der Waals surface area (Å²) in [5, 5.41) is 16.3. The number of carboxylic acids is 1. The van der Waals surface area contributed by atoms with Gasteiger partial charge in [0.25, 0.3) is 0 Å². The van der Waals surface area contributed by atoms with Gasteiger partial charge in [0.05, 0.1) is 6.04 Å². The number of carboxylic acid groups (broad SMARTS) is 1. The Kier molecular flexibility index (Phi) is 12.1. The maximum atomic E-state index is 12.5. The third-order valence-electron chi connectivity index (χ3n) is 4.62. The van der Waals surface area contributed by atoms with E-state index >= 15 is 0 Å². The van der Waals surface area contributed by atoms with Crippen molar-refractivity contribution in [1.29, 1.82) is 0 Å². The molecule has 5 atom stereocenters. The minimum absolute atomic E-state index is 0.0631. The Labute approximate surface area is 176 Å². The van der Waals surface area contributed by atoms with Crippen molar-refractivity contribution in [2.75, 3.05) is 6.54 Å². The van der Waals surface area contributed by atoms with E-state index in [9.17, 15) is 19.2 Å². The molecule has 0 aromatic carbocycles. The van der Waals surface area contributed by atoms with Crippen LogP contribution in [0.15, 0.2) is 4.99 Å². The van der Waals surface area contributed by atoms with Crippen molar-refractivity contribution in [3.63, 3.8) is 0 Å². The quantitative estimate of drug-likeness (QED) is 0.0983. The maximum Gasteiger partial charge on any atom is 0.325 e. The Bertz CT molecular complexity index is 636. The van der Waals surface area contributed by atoms with Crippen LogP contribution < -0.4 is 33.2 Å². The molecule has 0 radical (unpaired) electrons. The van der Waals surface area contributed by atoms with Crippen LogP contribution in [0.3, 0.4) is 0 Å². The summed E-state index contributed by atoms with van der Waals surface area (Å²) in [4.78, 5) is 51.9. The van der Waals surface area contributed by atoms with E-state index in [1.54, 1.807) is 0 Å². The lowest BCUT2D eigenvalue weighted by atomic mass is 9.99. The maximum absolute atomic E-state index is 12.5. The number of aliphatic carboxylic acids is 1. The number of aliphatic imine (C=N–C) groups is 1. The smallest absolute Gasteiger partial charge is 0.325 e. The van der Waals surface area contributed by atoms with Crippen LogP contribution in [0.25, 0.3) is 0 Å². The first kappa shape index (κ1) is 27.1. The van der Waals surface area contributed by atoms with E-state index < -0.39 is 47.9 Å². The molecule has 0 saturated carbocycles. The molecule has 3 amide bonds. The molecule has 0 aliphatic rings. The molecule has 0 bridgehead atoms. The molecule has 0 heterocycles. The number of guanidine groups is 1. The van der Waals surface area contributed by atoms with E-state index in [0.29, 0.717) is 12.8 Å². The molecule has 12 heteroatoms. The zero-order chi connectivity index (χ0) is 23.4. The fraction of sp³-hybridized carbons (Fsp3) is 0.722. The summed E-state index contributed by atoms with van der Waals surface area (Å²) >= 11 is 0. The van der Waals surface area contributed by atoms with Crippen molar-refractivity contribution < 1.29 is 24.3 Å². The molecule has 0 fully saturated rings. The number of carbonyl (C=O) groups is 4. The van der Waals surface area contributed by atoms with Crippen LogP contribution >= 0.6 is 0 Å². The second-order valence-corrected chi connectivity index (χ2v) is 7.22. The molecule has 0 rings (SSSR count). The van der Waals surface area contributed by atoms with Crippen molar-refractivity contribution in [3.8, 4) is 0 Å². The fourth-order valence-corrected chi connectivity index (χ4v) is 2.33. The molecule has 5 unspecified atom stereocenters. The van der Waals surface area contributed by atoms with E-state index in [1.807, 2.05) is 13.8 Å². The van der Waals surface area contributed by atoms with Gasteiger partial charge in [0.2, 0.25) is 17.7 Å². The van der Waals surface area contributed by atoms with E-state index in [2.05, 4.69) is 20.9 Å². The summed E-state index contributed by atoms with van der Waals surface area (Å²) in [5.74, 6) is -3.13. The van der Waals surface area contributed by atoms with E-state index in [0.717, 1.165) is 0 Å². The average molecular weight is 430 g/mol. The standard InChI is InChI=1S/C18H35N7O5/c1-5-9(2)13(19)16(28)23-10(3)14(26)25-12(7-6-8-22-18(20)21)15(27)24-11(4)17(29)30/h9-13H,5-8,19H2,1-4H3,(H,23,28)(H,24,27)(H,25,26)(H,29,30)(H4,20,21,22). The SMILES string of the molecule is CCC(C)C(N)C(=O)NC(C)C(=O)NC(CCCN=C(N)N)C(=O)NC(C)C(=O)O. The Morgan fingerprint density at radius 1 is 0.933 bits per heavy atom. The van der Waals surface area contributed by atoms with E-state index in [1.165, 1.54) is 13.8 Å². The molecular weight excluding hydrogens is 394 g/mol. The van der Waals surface area contributed by atoms with Crippen LogP contribution in [0.5, 0.6) is 0 Å². The van der Waals surface area contributed by atoms with Crippen molar-refractivity contribution in [2.45, 2.75) is 71.1 Å². The van der Waals surface area contributed by atoms with Gasteiger partial charge in [0.15, 0.2) is 5.96 Å². The molecule has 0 aromatic heterocycles. The molecule has 0 aliphatic heterocycles. The molecule has 0 aliphatic carbocycles. The van der Waals surface area contributed by atoms with Gasteiger partial charge in [0.1, 0.15) is 18.1 Å². The highest BCUT2D eigenvalue weighted by Crippen LogP contribution is 2.06. The number of hydrogen-bond acceptors (Lipinski definition) is 6. The number of rotatable bonds is 13. The van der Waals surface area contributed by atoms with Gasteiger partial charge < -0.3 is 38.3 Å². The average Bonchev–Trinajstić information content (AvgIpc) is 2.67. The summed E-state index contributed by atoms with van der Waals surface area (Å²) in [6, 6.07) is -3.88. The Morgan fingerprint density at radius 2 is 1.50 bits per heavy atom. The number of nitrogens with zero attached hydrogens (tertiary/aromatic N) is 1. The second-order valence-electron chi connectivity index (χ2n) is 7.22. The molecule has 0 aromatic rings. The number of amides is 3. The molecule has 30 heavy (non-hydrogen) atoms. The first-order chi connectivity index (χ1) is 13.9. The van der Waals surface area contributed by atoms with Crippen LogP contribution in [0.2, 0.25) is 0 Å². The predicted molar refractivity (Wildman–Crippen MR) is 112 cm³/mol. The zero-order valence-corrected chi connectivity index (χ0v) is 18.0. The van der Waals surface area contributed by atoms with Gasteiger partial charge in [-0.05, 0) is 32.6 Å². The van der Waals surface area contributed by atoms with Crippen LogP contribution in [0.1, 0.15) is 47.0 Å². The second kappa shape index (κ2) is 13.4. The van der Waals surface area contributed by atoms with Crippen molar-refractivity contribution in [2.24, 2.45) is 28.1 Å². The van der Waals surface area contributed by atoms with Crippen molar-refractivity contribution in [3.05, 3.63) is 0 Å². The third kappa shape index (κ3) is 10.0. The Morgan fingerprint density at radius 3 is 2.00 bits per heavy atom. The van der Waals surface area contributed by atoms with Gasteiger partial charge in [-0.3, -0.25) is 24.2 Å².